The lowest BCUT2D eigenvalue weighted by Crippen LogP contribution is -2.39. The van der Waals surface area contributed by atoms with Crippen LogP contribution in [0.25, 0.3) is 0 Å². The van der Waals surface area contributed by atoms with Crippen molar-refractivity contribution in [1.82, 2.24) is 5.32 Å². The fraction of sp³-hybridized carbons (Fsp3) is 0.588. The van der Waals surface area contributed by atoms with Gasteiger partial charge in [-0.1, -0.05) is 45.0 Å². The van der Waals surface area contributed by atoms with Crippen molar-refractivity contribution >= 4 is 5.97 Å². The predicted octanol–water partition coefficient (Wildman–Crippen LogP) is 2.46. The fourth-order valence-corrected chi connectivity index (χ4v) is 2.13. The van der Waals surface area contributed by atoms with E-state index >= 15 is 0 Å². The van der Waals surface area contributed by atoms with Gasteiger partial charge in [-0.3, -0.25) is 4.79 Å². The van der Waals surface area contributed by atoms with Gasteiger partial charge in [0.25, 0.3) is 0 Å². The minimum atomic E-state index is -0.728. The van der Waals surface area contributed by atoms with Crippen LogP contribution in [0.4, 0.5) is 0 Å². The molecule has 0 saturated carbocycles. The Morgan fingerprint density at radius 3 is 2.38 bits per heavy atom. The van der Waals surface area contributed by atoms with E-state index in [0.717, 1.165) is 18.5 Å². The van der Waals surface area contributed by atoms with Gasteiger partial charge < -0.3 is 15.2 Å². The maximum absolute atomic E-state index is 11.5. The number of hydrogen-bond acceptors (Lipinski definition) is 4. The first-order valence-electron chi connectivity index (χ1n) is 7.55. The molecule has 1 rings (SSSR count). The van der Waals surface area contributed by atoms with Crippen LogP contribution in [0.15, 0.2) is 24.3 Å². The zero-order valence-electron chi connectivity index (χ0n) is 13.4. The summed E-state index contributed by atoms with van der Waals surface area (Å²) in [5.41, 5.74) is 2.04. The van der Waals surface area contributed by atoms with Crippen LogP contribution in [0, 0.1) is 5.92 Å². The predicted molar refractivity (Wildman–Crippen MR) is 84.0 cm³/mol. The smallest absolute Gasteiger partial charge is 0.307 e. The lowest BCUT2D eigenvalue weighted by molar-refractivity contribution is -0.142. The number of methoxy groups -OCH3 is 1. The number of esters is 1. The van der Waals surface area contributed by atoms with Crippen LogP contribution in [0.3, 0.4) is 0 Å². The van der Waals surface area contributed by atoms with Gasteiger partial charge in [0.15, 0.2) is 0 Å². The van der Waals surface area contributed by atoms with E-state index in [-0.39, 0.29) is 18.4 Å². The van der Waals surface area contributed by atoms with Gasteiger partial charge in [-0.2, -0.15) is 0 Å². The summed E-state index contributed by atoms with van der Waals surface area (Å²) in [5, 5.41) is 13.8. The number of benzene rings is 1. The molecule has 1 aromatic rings. The van der Waals surface area contributed by atoms with E-state index in [4.69, 9.17) is 4.74 Å². The van der Waals surface area contributed by atoms with E-state index in [1.807, 2.05) is 24.3 Å². The molecule has 0 radical (unpaired) electrons. The van der Waals surface area contributed by atoms with Crippen molar-refractivity contribution in [2.45, 2.75) is 45.8 Å². The van der Waals surface area contributed by atoms with Gasteiger partial charge in [0, 0.05) is 6.04 Å². The second-order valence-corrected chi connectivity index (χ2v) is 5.73. The molecule has 0 saturated heterocycles. The molecule has 0 bridgehead atoms. The molecule has 118 valence electrons. The summed E-state index contributed by atoms with van der Waals surface area (Å²) in [6.07, 6.45) is 0.391. The third-order valence-electron chi connectivity index (χ3n) is 3.51. The summed E-state index contributed by atoms with van der Waals surface area (Å²) in [4.78, 5) is 11.5. The zero-order chi connectivity index (χ0) is 15.8. The van der Waals surface area contributed by atoms with Crippen LogP contribution in [0.5, 0.6) is 0 Å². The van der Waals surface area contributed by atoms with Crippen molar-refractivity contribution in [3.05, 3.63) is 35.4 Å². The van der Waals surface area contributed by atoms with Crippen molar-refractivity contribution in [1.29, 1.82) is 0 Å². The van der Waals surface area contributed by atoms with Gasteiger partial charge in [-0.25, -0.2) is 0 Å². The summed E-state index contributed by atoms with van der Waals surface area (Å²) < 4.78 is 4.72. The van der Waals surface area contributed by atoms with E-state index in [0.29, 0.717) is 5.92 Å². The molecule has 2 unspecified atom stereocenters. The van der Waals surface area contributed by atoms with Crippen LogP contribution >= 0.6 is 0 Å². The van der Waals surface area contributed by atoms with E-state index in [9.17, 15) is 9.90 Å². The molecule has 1 aromatic carbocycles. The number of nitrogens with one attached hydrogen (secondary N) is 1. The number of rotatable bonds is 8. The van der Waals surface area contributed by atoms with Gasteiger partial charge in [-0.15, -0.1) is 0 Å². The highest BCUT2D eigenvalue weighted by molar-refractivity contribution is 5.70. The minimum absolute atomic E-state index is 0.153. The standard InChI is InChI=1S/C17H27NO3/c1-5-13-6-8-14(9-7-13)17(20)15(10-16(19)21-4)18-11-12(2)3/h6-9,12,15,17-18,20H,5,10-11H2,1-4H3. The minimum Gasteiger partial charge on any atom is -0.469 e. The number of aliphatic hydroxyl groups excluding tert-OH is 1. The first-order valence-corrected chi connectivity index (χ1v) is 7.55. The molecule has 0 aliphatic heterocycles. The number of aliphatic hydroxyl groups is 1. The summed E-state index contributed by atoms with van der Waals surface area (Å²) in [5.74, 6) is 0.125. The average Bonchev–Trinajstić information content (AvgIpc) is 2.50. The summed E-state index contributed by atoms with van der Waals surface area (Å²) in [6, 6.07) is 7.52. The van der Waals surface area contributed by atoms with E-state index in [1.165, 1.54) is 12.7 Å². The molecule has 0 heterocycles. The van der Waals surface area contributed by atoms with E-state index in [1.54, 1.807) is 0 Å². The largest absolute Gasteiger partial charge is 0.469 e. The van der Waals surface area contributed by atoms with Gasteiger partial charge >= 0.3 is 5.97 Å². The molecule has 4 nitrogen and oxygen atoms in total. The van der Waals surface area contributed by atoms with Crippen molar-refractivity contribution < 1.29 is 14.6 Å². The maximum Gasteiger partial charge on any atom is 0.307 e. The Balaban J connectivity index is 2.80. The molecule has 0 amide bonds. The SMILES string of the molecule is CCc1ccc(C(O)C(CC(=O)OC)NCC(C)C)cc1. The highest BCUT2D eigenvalue weighted by atomic mass is 16.5. The first-order chi connectivity index (χ1) is 9.97. The molecule has 0 fully saturated rings. The zero-order valence-corrected chi connectivity index (χ0v) is 13.4. The van der Waals surface area contributed by atoms with Crippen LogP contribution in [-0.4, -0.2) is 30.8 Å². The molecular formula is C17H27NO3. The average molecular weight is 293 g/mol. The van der Waals surface area contributed by atoms with Crippen molar-refractivity contribution in [2.75, 3.05) is 13.7 Å². The van der Waals surface area contributed by atoms with Gasteiger partial charge in [-0.05, 0) is 30.0 Å². The Kier molecular flexibility index (Phi) is 7.40. The molecule has 2 atom stereocenters. The summed E-state index contributed by atoms with van der Waals surface area (Å²) in [7, 11) is 1.37. The Labute approximate surface area is 127 Å². The lowest BCUT2D eigenvalue weighted by atomic mass is 9.97. The summed E-state index contributed by atoms with van der Waals surface area (Å²) in [6.45, 7) is 7.01. The van der Waals surface area contributed by atoms with Crippen LogP contribution in [0.1, 0.15) is 44.4 Å². The number of aryl methyl sites for hydroxylation is 1. The highest BCUT2D eigenvalue weighted by Gasteiger charge is 2.24. The fourth-order valence-electron chi connectivity index (χ4n) is 2.13. The second kappa shape index (κ2) is 8.80. The molecule has 0 aliphatic carbocycles. The van der Waals surface area contributed by atoms with Gasteiger partial charge in [0.2, 0.25) is 0 Å². The van der Waals surface area contributed by atoms with Crippen molar-refractivity contribution in [2.24, 2.45) is 5.92 Å². The van der Waals surface area contributed by atoms with Crippen molar-refractivity contribution in [3.63, 3.8) is 0 Å². The third-order valence-corrected chi connectivity index (χ3v) is 3.51. The maximum atomic E-state index is 11.5. The molecule has 0 aliphatic rings. The van der Waals surface area contributed by atoms with Crippen LogP contribution in [-0.2, 0) is 16.0 Å². The van der Waals surface area contributed by atoms with E-state index in [2.05, 4.69) is 26.1 Å². The number of carbonyl (C=O) groups excluding carboxylic acids is 1. The normalized spacial score (nSPS) is 14.0. The lowest BCUT2D eigenvalue weighted by Gasteiger charge is -2.25. The Hall–Kier alpha value is -1.39. The first kappa shape index (κ1) is 17.7. The Bertz CT molecular complexity index is 428. The number of ether oxygens (including phenoxy) is 1. The Morgan fingerprint density at radius 2 is 1.90 bits per heavy atom. The monoisotopic (exact) mass is 293 g/mol. The topological polar surface area (TPSA) is 58.6 Å². The Morgan fingerprint density at radius 1 is 1.29 bits per heavy atom. The molecule has 2 N–H and O–H groups in total. The van der Waals surface area contributed by atoms with Crippen LogP contribution in [0.2, 0.25) is 0 Å². The third kappa shape index (κ3) is 5.86. The van der Waals surface area contributed by atoms with Crippen LogP contribution < -0.4 is 5.32 Å². The highest BCUT2D eigenvalue weighted by Crippen LogP contribution is 2.20. The van der Waals surface area contributed by atoms with Gasteiger partial charge in [0.1, 0.15) is 0 Å². The van der Waals surface area contributed by atoms with Gasteiger partial charge in [0.05, 0.1) is 19.6 Å². The molecule has 0 spiro atoms. The molecular weight excluding hydrogens is 266 g/mol. The number of hydrogen-bond donors (Lipinski definition) is 2. The second-order valence-electron chi connectivity index (χ2n) is 5.73. The summed E-state index contributed by atoms with van der Waals surface area (Å²) >= 11 is 0. The molecule has 21 heavy (non-hydrogen) atoms. The van der Waals surface area contributed by atoms with E-state index < -0.39 is 6.10 Å². The number of carbonyl (C=O) groups is 1. The molecule has 0 aromatic heterocycles. The molecule has 4 heteroatoms. The van der Waals surface area contributed by atoms with Crippen molar-refractivity contribution in [3.8, 4) is 0 Å². The quantitative estimate of drug-likeness (QED) is 0.723.